The van der Waals surface area contributed by atoms with Gasteiger partial charge in [0.25, 0.3) is 0 Å². The fraction of sp³-hybridized carbons (Fsp3) is 0.520. The minimum absolute atomic E-state index is 0.000761. The van der Waals surface area contributed by atoms with E-state index in [0.717, 1.165) is 12.8 Å². The molecule has 4 N–H and O–H groups in total. The molecule has 1 aromatic carbocycles. The van der Waals surface area contributed by atoms with Crippen molar-refractivity contribution in [2.24, 2.45) is 5.73 Å². The molecule has 0 spiro atoms. The molecule has 0 radical (unpaired) electrons. The van der Waals surface area contributed by atoms with E-state index in [1.807, 2.05) is 13.8 Å². The molecular formula is C25H38N4O5. The lowest BCUT2D eigenvalue weighted by Crippen LogP contribution is -2.54. The van der Waals surface area contributed by atoms with Crippen molar-refractivity contribution >= 4 is 23.8 Å². The van der Waals surface area contributed by atoms with E-state index in [4.69, 9.17) is 10.5 Å². The molecule has 0 saturated heterocycles. The van der Waals surface area contributed by atoms with Gasteiger partial charge in [-0.1, -0.05) is 49.8 Å². The lowest BCUT2D eigenvalue weighted by molar-refractivity contribution is -0.143. The Morgan fingerprint density at radius 3 is 2.26 bits per heavy atom. The van der Waals surface area contributed by atoms with Crippen LogP contribution in [0.15, 0.2) is 43.0 Å². The normalized spacial score (nSPS) is 13.7. The zero-order valence-electron chi connectivity index (χ0n) is 20.8. The van der Waals surface area contributed by atoms with Gasteiger partial charge in [0.1, 0.15) is 17.7 Å². The van der Waals surface area contributed by atoms with Crippen LogP contribution in [0.25, 0.3) is 0 Å². The van der Waals surface area contributed by atoms with Crippen molar-refractivity contribution in [2.45, 2.75) is 77.6 Å². The minimum Gasteiger partial charge on any atom is -0.444 e. The van der Waals surface area contributed by atoms with Gasteiger partial charge in [-0.15, -0.1) is 6.58 Å². The predicted octanol–water partition coefficient (Wildman–Crippen LogP) is 2.82. The number of benzene rings is 1. The van der Waals surface area contributed by atoms with Crippen LogP contribution in [0, 0.1) is 0 Å². The quantitative estimate of drug-likeness (QED) is 0.401. The molecule has 0 aromatic heterocycles. The number of primary amides is 1. The summed E-state index contributed by atoms with van der Waals surface area (Å²) in [5, 5.41) is 5.38. The van der Waals surface area contributed by atoms with E-state index in [1.165, 1.54) is 11.0 Å². The van der Waals surface area contributed by atoms with Gasteiger partial charge >= 0.3 is 6.09 Å². The lowest BCUT2D eigenvalue weighted by Gasteiger charge is -2.34. The number of ether oxygens (including phenoxy) is 1. The van der Waals surface area contributed by atoms with Crippen LogP contribution in [0.5, 0.6) is 0 Å². The molecule has 3 atom stereocenters. The Balaban J connectivity index is 3.37. The summed E-state index contributed by atoms with van der Waals surface area (Å²) in [5.41, 5.74) is 5.12. The summed E-state index contributed by atoms with van der Waals surface area (Å²) in [6.07, 6.45) is 1.80. The Morgan fingerprint density at radius 1 is 1.15 bits per heavy atom. The zero-order valence-corrected chi connectivity index (χ0v) is 20.8. The van der Waals surface area contributed by atoms with Crippen LogP contribution in [0.3, 0.4) is 0 Å². The van der Waals surface area contributed by atoms with E-state index in [2.05, 4.69) is 17.2 Å². The average Bonchev–Trinajstić information content (AvgIpc) is 2.71. The Hall–Kier alpha value is -3.36. The van der Waals surface area contributed by atoms with Gasteiger partial charge in [0, 0.05) is 12.6 Å². The van der Waals surface area contributed by atoms with E-state index in [9.17, 15) is 19.2 Å². The summed E-state index contributed by atoms with van der Waals surface area (Å²) >= 11 is 0. The van der Waals surface area contributed by atoms with E-state index in [-0.39, 0.29) is 18.5 Å². The first-order chi connectivity index (χ1) is 15.9. The third kappa shape index (κ3) is 9.64. The van der Waals surface area contributed by atoms with Crippen molar-refractivity contribution in [1.29, 1.82) is 0 Å². The third-order valence-electron chi connectivity index (χ3n) is 4.79. The second-order valence-corrected chi connectivity index (χ2v) is 9.16. The maximum Gasteiger partial charge on any atom is 0.408 e. The van der Waals surface area contributed by atoms with Gasteiger partial charge in [-0.3, -0.25) is 14.4 Å². The first-order valence-corrected chi connectivity index (χ1v) is 11.4. The van der Waals surface area contributed by atoms with Crippen LogP contribution in [-0.4, -0.2) is 52.9 Å². The molecule has 0 saturated carbocycles. The summed E-state index contributed by atoms with van der Waals surface area (Å²) in [6.45, 7) is 12.6. The van der Waals surface area contributed by atoms with Crippen LogP contribution in [0.2, 0.25) is 0 Å². The number of alkyl carbamates (subject to hydrolysis) is 1. The highest BCUT2D eigenvalue weighted by Gasteiger charge is 2.36. The molecule has 3 unspecified atom stereocenters. The third-order valence-corrected chi connectivity index (χ3v) is 4.79. The highest BCUT2D eigenvalue weighted by atomic mass is 16.6. The number of amides is 4. The monoisotopic (exact) mass is 474 g/mol. The maximum absolute atomic E-state index is 13.6. The highest BCUT2D eigenvalue weighted by Crippen LogP contribution is 2.23. The first kappa shape index (κ1) is 28.7. The molecule has 0 fully saturated rings. The zero-order chi connectivity index (χ0) is 25.9. The number of nitrogens with one attached hydrogen (secondary N) is 2. The van der Waals surface area contributed by atoms with Crippen LogP contribution in [0.4, 0.5) is 4.79 Å². The highest BCUT2D eigenvalue weighted by molar-refractivity contribution is 5.94. The molecule has 0 aliphatic heterocycles. The average molecular weight is 475 g/mol. The van der Waals surface area contributed by atoms with E-state index in [1.54, 1.807) is 51.1 Å². The fourth-order valence-electron chi connectivity index (χ4n) is 3.45. The van der Waals surface area contributed by atoms with Crippen molar-refractivity contribution in [2.75, 3.05) is 6.54 Å². The summed E-state index contributed by atoms with van der Waals surface area (Å²) < 4.78 is 5.24. The first-order valence-electron chi connectivity index (χ1n) is 11.4. The van der Waals surface area contributed by atoms with Gasteiger partial charge in [0.2, 0.25) is 17.7 Å². The van der Waals surface area contributed by atoms with Crippen molar-refractivity contribution in [3.63, 3.8) is 0 Å². The topological polar surface area (TPSA) is 131 Å². The Kier molecular flexibility index (Phi) is 11.3. The van der Waals surface area contributed by atoms with Crippen molar-refractivity contribution in [3.05, 3.63) is 48.6 Å². The molecular weight excluding hydrogens is 436 g/mol. The number of nitrogens with zero attached hydrogens (tertiary/aromatic N) is 1. The Morgan fingerprint density at radius 2 is 1.76 bits per heavy atom. The number of hydrogen-bond donors (Lipinski definition) is 3. The summed E-state index contributed by atoms with van der Waals surface area (Å²) in [5.74, 6) is -1.82. The number of rotatable bonds is 12. The molecule has 9 heteroatoms. The van der Waals surface area contributed by atoms with Crippen molar-refractivity contribution in [3.8, 4) is 0 Å². The molecule has 34 heavy (non-hydrogen) atoms. The standard InChI is InChI=1S/C25H38N4O5/c1-7-12-17(3)27-22(31)21(18-13-10-9-11-14-18)29(15-8-2)23(32)19(16-20(26)30)28-24(33)34-25(4,5)6/h8-11,13-14,17,19,21H,2,7,12,15-16H2,1,3-6H3,(H2,26,30)(H,27,31)(H,28,33). The summed E-state index contributed by atoms with van der Waals surface area (Å²) in [4.78, 5) is 52.3. The smallest absolute Gasteiger partial charge is 0.408 e. The molecule has 0 heterocycles. The molecule has 1 rings (SSSR count). The van der Waals surface area contributed by atoms with Gasteiger partial charge in [-0.2, -0.15) is 0 Å². The Labute approximate surface area is 202 Å². The summed E-state index contributed by atoms with van der Waals surface area (Å²) in [7, 11) is 0. The number of carbonyl (C=O) groups excluding carboxylic acids is 4. The van der Waals surface area contributed by atoms with Crippen LogP contribution >= 0.6 is 0 Å². The predicted molar refractivity (Wildman–Crippen MR) is 131 cm³/mol. The van der Waals surface area contributed by atoms with Crippen LogP contribution in [-0.2, 0) is 19.1 Å². The fourth-order valence-corrected chi connectivity index (χ4v) is 3.45. The van der Waals surface area contributed by atoms with E-state index in [0.29, 0.717) is 5.56 Å². The van der Waals surface area contributed by atoms with E-state index >= 15 is 0 Å². The van der Waals surface area contributed by atoms with Gasteiger partial charge in [0.05, 0.1) is 6.42 Å². The molecule has 0 aliphatic carbocycles. The number of hydrogen-bond acceptors (Lipinski definition) is 5. The molecule has 0 bridgehead atoms. The van der Waals surface area contributed by atoms with Gasteiger partial charge in [-0.25, -0.2) is 4.79 Å². The molecule has 9 nitrogen and oxygen atoms in total. The van der Waals surface area contributed by atoms with Gasteiger partial charge in [0.15, 0.2) is 0 Å². The molecule has 0 aliphatic rings. The van der Waals surface area contributed by atoms with Crippen molar-refractivity contribution < 1.29 is 23.9 Å². The summed E-state index contributed by atoms with van der Waals surface area (Å²) in [6, 6.07) is 6.37. The SMILES string of the molecule is C=CCN(C(=O)C(CC(N)=O)NC(=O)OC(C)(C)C)C(C(=O)NC(C)CCC)c1ccccc1. The number of carbonyl (C=O) groups is 4. The second kappa shape index (κ2) is 13.4. The molecule has 1 aromatic rings. The lowest BCUT2D eigenvalue weighted by atomic mass is 10.0. The van der Waals surface area contributed by atoms with Crippen molar-refractivity contribution in [1.82, 2.24) is 15.5 Å². The molecule has 188 valence electrons. The largest absolute Gasteiger partial charge is 0.444 e. The van der Waals surface area contributed by atoms with Gasteiger partial charge < -0.3 is 26.0 Å². The number of nitrogens with two attached hydrogens (primary N) is 1. The van der Waals surface area contributed by atoms with Crippen LogP contribution in [0.1, 0.15) is 65.5 Å². The minimum atomic E-state index is -1.32. The van der Waals surface area contributed by atoms with Crippen LogP contribution < -0.4 is 16.4 Å². The molecule has 4 amide bonds. The Bertz CT molecular complexity index is 851. The van der Waals surface area contributed by atoms with E-state index < -0.39 is 42.0 Å². The second-order valence-electron chi connectivity index (χ2n) is 9.16. The maximum atomic E-state index is 13.6. The van der Waals surface area contributed by atoms with Gasteiger partial charge in [-0.05, 0) is 39.7 Å².